The molecule has 1 aromatic rings. The topological polar surface area (TPSA) is 64.6 Å². The molecule has 1 aliphatic heterocycles. The molecule has 0 bridgehead atoms. The number of halogens is 1. The average Bonchev–Trinajstić information content (AvgIpc) is 3.30. The van der Waals surface area contributed by atoms with Gasteiger partial charge in [-0.1, -0.05) is 11.6 Å². The first-order valence-corrected chi connectivity index (χ1v) is 7.83. The number of nitrogens with one attached hydrogen (secondary N) is 1. The van der Waals surface area contributed by atoms with E-state index < -0.39 is 18.0 Å². The molecule has 6 heteroatoms. The summed E-state index contributed by atoms with van der Waals surface area (Å²) in [6.07, 6.45) is 1.72. The van der Waals surface area contributed by atoms with Gasteiger partial charge in [-0.05, 0) is 49.9 Å². The Bertz CT molecular complexity index is 600. The predicted octanol–water partition coefficient (Wildman–Crippen LogP) is 2.10. The molecule has 1 fully saturated rings. The maximum absolute atomic E-state index is 12.2. The van der Waals surface area contributed by atoms with Crippen LogP contribution in [0, 0.1) is 5.92 Å². The van der Waals surface area contributed by atoms with Gasteiger partial charge in [-0.2, -0.15) is 0 Å². The van der Waals surface area contributed by atoms with Crippen LogP contribution in [0.1, 0.15) is 25.3 Å². The number of rotatable bonds is 4. The monoisotopic (exact) mass is 323 g/mol. The molecule has 1 saturated carbocycles. The minimum Gasteiger partial charge on any atom is -0.492 e. The zero-order chi connectivity index (χ0) is 15.7. The van der Waals surface area contributed by atoms with E-state index >= 15 is 0 Å². The van der Waals surface area contributed by atoms with Crippen LogP contribution >= 0.6 is 11.6 Å². The molecular formula is C16H18ClNO4. The molecule has 1 aliphatic carbocycles. The van der Waals surface area contributed by atoms with Gasteiger partial charge in [0.2, 0.25) is 0 Å². The molecule has 2 atom stereocenters. The maximum Gasteiger partial charge on any atom is 0.313 e. The van der Waals surface area contributed by atoms with Crippen LogP contribution in [0.3, 0.4) is 0 Å². The number of hydrogen-bond donors (Lipinski definition) is 1. The van der Waals surface area contributed by atoms with E-state index in [1.54, 1.807) is 25.1 Å². The van der Waals surface area contributed by atoms with Crippen molar-refractivity contribution < 1.29 is 19.1 Å². The van der Waals surface area contributed by atoms with Crippen LogP contribution in [0.25, 0.3) is 0 Å². The Morgan fingerprint density at radius 1 is 1.41 bits per heavy atom. The fourth-order valence-corrected chi connectivity index (χ4v) is 2.58. The molecule has 0 spiro atoms. The fraction of sp³-hybridized carbons (Fsp3) is 0.500. The van der Waals surface area contributed by atoms with E-state index in [2.05, 4.69) is 5.32 Å². The van der Waals surface area contributed by atoms with Crippen molar-refractivity contribution in [2.75, 3.05) is 6.61 Å². The Kier molecular flexibility index (Phi) is 4.25. The van der Waals surface area contributed by atoms with Gasteiger partial charge in [-0.15, -0.1) is 0 Å². The lowest BCUT2D eigenvalue weighted by atomic mass is 9.97. The second kappa shape index (κ2) is 6.16. The zero-order valence-electron chi connectivity index (χ0n) is 12.3. The van der Waals surface area contributed by atoms with Crippen LogP contribution in [0.2, 0.25) is 5.02 Å². The summed E-state index contributed by atoms with van der Waals surface area (Å²) in [5, 5.41) is 3.43. The van der Waals surface area contributed by atoms with Crippen molar-refractivity contribution in [3.63, 3.8) is 0 Å². The third-order valence-corrected chi connectivity index (χ3v) is 4.08. The van der Waals surface area contributed by atoms with Crippen molar-refractivity contribution in [1.29, 1.82) is 0 Å². The Hall–Kier alpha value is -1.75. The number of esters is 1. The molecule has 5 nitrogen and oxygen atoms in total. The third-order valence-electron chi connectivity index (χ3n) is 3.85. The van der Waals surface area contributed by atoms with Gasteiger partial charge in [0.1, 0.15) is 12.4 Å². The van der Waals surface area contributed by atoms with Gasteiger partial charge < -0.3 is 14.8 Å². The highest BCUT2D eigenvalue weighted by Crippen LogP contribution is 2.30. The molecule has 1 amide bonds. The fourth-order valence-electron chi connectivity index (χ4n) is 2.38. The Morgan fingerprint density at radius 3 is 2.91 bits per heavy atom. The van der Waals surface area contributed by atoms with E-state index in [0.717, 1.165) is 24.2 Å². The van der Waals surface area contributed by atoms with E-state index in [1.165, 1.54) is 0 Å². The Balaban J connectivity index is 1.57. The maximum atomic E-state index is 12.2. The Labute approximate surface area is 133 Å². The van der Waals surface area contributed by atoms with Crippen molar-refractivity contribution in [2.45, 2.75) is 38.3 Å². The van der Waals surface area contributed by atoms with Gasteiger partial charge in [-0.3, -0.25) is 9.59 Å². The van der Waals surface area contributed by atoms with E-state index in [0.29, 0.717) is 11.4 Å². The summed E-state index contributed by atoms with van der Waals surface area (Å²) in [5.41, 5.74) is 0.885. The van der Waals surface area contributed by atoms with Crippen molar-refractivity contribution in [1.82, 2.24) is 5.32 Å². The summed E-state index contributed by atoms with van der Waals surface area (Å²) in [7, 11) is 0. The predicted molar refractivity (Wildman–Crippen MR) is 80.9 cm³/mol. The lowest BCUT2D eigenvalue weighted by molar-refractivity contribution is -0.160. The first kappa shape index (κ1) is 15.2. The van der Waals surface area contributed by atoms with E-state index in [1.807, 2.05) is 0 Å². The highest BCUT2D eigenvalue weighted by Gasteiger charge is 2.31. The number of benzene rings is 1. The van der Waals surface area contributed by atoms with Crippen molar-refractivity contribution in [3.8, 4) is 5.75 Å². The van der Waals surface area contributed by atoms with E-state index in [-0.39, 0.29) is 18.6 Å². The van der Waals surface area contributed by atoms with Gasteiger partial charge in [0.15, 0.2) is 6.10 Å². The van der Waals surface area contributed by atoms with E-state index in [9.17, 15) is 9.59 Å². The number of fused-ring (bicyclic) bond motifs is 1. The second-order valence-electron chi connectivity index (χ2n) is 5.83. The van der Waals surface area contributed by atoms with Crippen LogP contribution in [0.15, 0.2) is 18.2 Å². The first-order valence-electron chi connectivity index (χ1n) is 7.45. The normalized spacial score (nSPS) is 21.3. The van der Waals surface area contributed by atoms with Gasteiger partial charge in [0.05, 0.1) is 5.92 Å². The van der Waals surface area contributed by atoms with Crippen molar-refractivity contribution in [2.24, 2.45) is 5.92 Å². The summed E-state index contributed by atoms with van der Waals surface area (Å²) in [5.74, 6) is -0.324. The van der Waals surface area contributed by atoms with Crippen LogP contribution in [0.5, 0.6) is 5.75 Å². The van der Waals surface area contributed by atoms with Crippen LogP contribution < -0.4 is 10.1 Å². The highest BCUT2D eigenvalue weighted by molar-refractivity contribution is 6.30. The van der Waals surface area contributed by atoms with E-state index in [4.69, 9.17) is 21.1 Å². The molecule has 2 unspecified atom stereocenters. The van der Waals surface area contributed by atoms with Crippen molar-refractivity contribution >= 4 is 23.5 Å². The Morgan fingerprint density at radius 2 is 2.18 bits per heavy atom. The first-order chi connectivity index (χ1) is 10.5. The summed E-state index contributed by atoms with van der Waals surface area (Å²) in [6.45, 7) is 1.84. The summed E-state index contributed by atoms with van der Waals surface area (Å²) >= 11 is 5.96. The molecule has 1 heterocycles. The molecular weight excluding hydrogens is 306 g/mol. The molecule has 2 aliphatic rings. The molecule has 1 N–H and O–H groups in total. The number of hydrogen-bond acceptors (Lipinski definition) is 4. The zero-order valence-corrected chi connectivity index (χ0v) is 13.1. The van der Waals surface area contributed by atoms with Crippen LogP contribution in [-0.4, -0.2) is 30.6 Å². The molecule has 0 saturated heterocycles. The molecule has 0 aromatic heterocycles. The smallest absolute Gasteiger partial charge is 0.313 e. The van der Waals surface area contributed by atoms with Gasteiger partial charge in [0, 0.05) is 11.1 Å². The van der Waals surface area contributed by atoms with Gasteiger partial charge >= 0.3 is 5.97 Å². The molecule has 3 rings (SSSR count). The second-order valence-corrected chi connectivity index (χ2v) is 6.26. The lowest BCUT2D eigenvalue weighted by Gasteiger charge is -2.25. The SMILES string of the molecule is CC(OC(=O)C1COc2ccc(Cl)cc2C1)C(=O)NC1CC1. The minimum absolute atomic E-state index is 0.240. The molecule has 0 radical (unpaired) electrons. The molecule has 22 heavy (non-hydrogen) atoms. The molecule has 118 valence electrons. The third kappa shape index (κ3) is 3.53. The number of carbonyl (C=O) groups is 2. The number of carbonyl (C=O) groups excluding carboxylic acids is 2. The van der Waals surface area contributed by atoms with Crippen LogP contribution in [0.4, 0.5) is 0 Å². The van der Waals surface area contributed by atoms with Crippen molar-refractivity contribution in [3.05, 3.63) is 28.8 Å². The summed E-state index contributed by atoms with van der Waals surface area (Å²) < 4.78 is 10.8. The summed E-state index contributed by atoms with van der Waals surface area (Å²) in [4.78, 5) is 24.0. The minimum atomic E-state index is -0.783. The van der Waals surface area contributed by atoms with Gasteiger partial charge in [-0.25, -0.2) is 0 Å². The lowest BCUT2D eigenvalue weighted by Crippen LogP contribution is -2.39. The molecule has 1 aromatic carbocycles. The standard InChI is InChI=1S/C16H18ClNO4/c1-9(15(19)18-13-3-4-13)22-16(20)11-6-10-7-12(17)2-5-14(10)21-8-11/h2,5,7,9,11,13H,3-4,6,8H2,1H3,(H,18,19). The highest BCUT2D eigenvalue weighted by atomic mass is 35.5. The van der Waals surface area contributed by atoms with Gasteiger partial charge in [0.25, 0.3) is 5.91 Å². The number of ether oxygens (including phenoxy) is 2. The summed E-state index contributed by atoms with van der Waals surface area (Å²) in [6, 6.07) is 5.59. The average molecular weight is 324 g/mol. The van der Waals surface area contributed by atoms with Crippen LogP contribution in [-0.2, 0) is 20.7 Å². The number of amides is 1. The quantitative estimate of drug-likeness (QED) is 0.862. The largest absolute Gasteiger partial charge is 0.492 e.